The maximum Gasteiger partial charge on any atom is 0.246 e. The number of carbonyl (C=O) groups excluding carboxylic acids is 2. The number of carbonyl (C=O) groups is 2. The fraction of sp³-hybridized carbons (Fsp3) is 0.385. The second-order valence-corrected chi connectivity index (χ2v) is 8.27. The Morgan fingerprint density at radius 2 is 1.76 bits per heavy atom. The van der Waals surface area contributed by atoms with Gasteiger partial charge in [0.15, 0.2) is 11.5 Å². The van der Waals surface area contributed by atoms with Crippen molar-refractivity contribution in [1.82, 2.24) is 15.1 Å². The van der Waals surface area contributed by atoms with Gasteiger partial charge in [-0.05, 0) is 43.2 Å². The summed E-state index contributed by atoms with van der Waals surface area (Å²) in [4.78, 5) is 28.7. The highest BCUT2D eigenvalue weighted by Crippen LogP contribution is 2.29. The van der Waals surface area contributed by atoms with Gasteiger partial charge >= 0.3 is 0 Å². The molecule has 3 rings (SSSR count). The normalized spacial score (nSPS) is 14.5. The van der Waals surface area contributed by atoms with Gasteiger partial charge in [-0.3, -0.25) is 14.5 Å². The van der Waals surface area contributed by atoms with E-state index >= 15 is 0 Å². The van der Waals surface area contributed by atoms with Crippen molar-refractivity contribution in [3.8, 4) is 11.5 Å². The molecule has 0 saturated carbocycles. The number of methoxy groups -OCH3 is 1. The van der Waals surface area contributed by atoms with Gasteiger partial charge < -0.3 is 19.7 Å². The minimum Gasteiger partial charge on any atom is -0.493 e. The standard InChI is InChI=1S/C26H33N3O4/c1-20(2)33-23-11-9-21(17-24(23)32-3)10-12-26(31)29-15-13-28(14-16-29)19-25(30)27-18-22-7-5-4-6-8-22/h4-12,17,20H,13-16,18-19H2,1-3H3,(H,27,30). The second-order valence-electron chi connectivity index (χ2n) is 8.27. The quantitative estimate of drug-likeness (QED) is 0.594. The van der Waals surface area contributed by atoms with Crippen LogP contribution in [0.15, 0.2) is 54.6 Å². The third-order valence-corrected chi connectivity index (χ3v) is 5.35. The number of rotatable bonds is 9. The number of hydrogen-bond acceptors (Lipinski definition) is 5. The van der Waals surface area contributed by atoms with Gasteiger partial charge in [-0.15, -0.1) is 0 Å². The van der Waals surface area contributed by atoms with E-state index in [1.54, 1.807) is 19.3 Å². The Morgan fingerprint density at radius 3 is 2.42 bits per heavy atom. The van der Waals surface area contributed by atoms with E-state index in [1.807, 2.05) is 67.3 Å². The zero-order valence-electron chi connectivity index (χ0n) is 19.6. The Labute approximate surface area is 196 Å². The average molecular weight is 452 g/mol. The molecule has 0 aliphatic carbocycles. The summed E-state index contributed by atoms with van der Waals surface area (Å²) in [7, 11) is 1.60. The van der Waals surface area contributed by atoms with Crippen LogP contribution in [0.5, 0.6) is 11.5 Å². The summed E-state index contributed by atoms with van der Waals surface area (Å²) < 4.78 is 11.1. The number of piperazine rings is 1. The van der Waals surface area contributed by atoms with Crippen molar-refractivity contribution in [3.05, 3.63) is 65.7 Å². The molecule has 0 aromatic heterocycles. The molecule has 0 spiro atoms. The van der Waals surface area contributed by atoms with Crippen LogP contribution in [-0.2, 0) is 16.1 Å². The van der Waals surface area contributed by atoms with Crippen LogP contribution in [0.3, 0.4) is 0 Å². The molecule has 2 amide bonds. The first-order chi connectivity index (χ1) is 15.9. The zero-order chi connectivity index (χ0) is 23.6. The minimum atomic E-state index is -0.0374. The fourth-order valence-electron chi connectivity index (χ4n) is 3.59. The van der Waals surface area contributed by atoms with Crippen molar-refractivity contribution in [2.24, 2.45) is 0 Å². The number of nitrogens with zero attached hydrogens (tertiary/aromatic N) is 2. The number of amides is 2. The Bertz CT molecular complexity index is 951. The molecule has 33 heavy (non-hydrogen) atoms. The molecule has 0 bridgehead atoms. The first-order valence-corrected chi connectivity index (χ1v) is 11.3. The van der Waals surface area contributed by atoms with Crippen LogP contribution in [0.25, 0.3) is 6.08 Å². The Balaban J connectivity index is 1.44. The average Bonchev–Trinajstić information content (AvgIpc) is 2.82. The van der Waals surface area contributed by atoms with Crippen LogP contribution in [0.2, 0.25) is 0 Å². The largest absolute Gasteiger partial charge is 0.493 e. The van der Waals surface area contributed by atoms with Crippen molar-refractivity contribution in [2.75, 3.05) is 39.8 Å². The monoisotopic (exact) mass is 451 g/mol. The summed E-state index contributed by atoms with van der Waals surface area (Å²) >= 11 is 0. The van der Waals surface area contributed by atoms with E-state index in [4.69, 9.17) is 9.47 Å². The van der Waals surface area contributed by atoms with Gasteiger partial charge in [-0.2, -0.15) is 0 Å². The summed E-state index contributed by atoms with van der Waals surface area (Å²) in [5.74, 6) is 1.28. The fourth-order valence-corrected chi connectivity index (χ4v) is 3.59. The van der Waals surface area contributed by atoms with E-state index < -0.39 is 0 Å². The molecule has 1 aliphatic rings. The van der Waals surface area contributed by atoms with Crippen molar-refractivity contribution in [2.45, 2.75) is 26.5 Å². The van der Waals surface area contributed by atoms with Crippen LogP contribution in [0, 0.1) is 0 Å². The van der Waals surface area contributed by atoms with Crippen LogP contribution < -0.4 is 14.8 Å². The summed E-state index contributed by atoms with van der Waals surface area (Å²) in [5, 5.41) is 2.95. The summed E-state index contributed by atoms with van der Waals surface area (Å²) in [6, 6.07) is 15.5. The van der Waals surface area contributed by atoms with E-state index in [0.29, 0.717) is 50.8 Å². The third kappa shape index (κ3) is 7.64. The van der Waals surface area contributed by atoms with Crippen molar-refractivity contribution < 1.29 is 19.1 Å². The lowest BCUT2D eigenvalue weighted by Gasteiger charge is -2.33. The molecule has 2 aromatic rings. The molecule has 2 aromatic carbocycles. The van der Waals surface area contributed by atoms with Crippen LogP contribution >= 0.6 is 0 Å². The molecule has 7 heteroatoms. The van der Waals surface area contributed by atoms with E-state index in [0.717, 1.165) is 11.1 Å². The van der Waals surface area contributed by atoms with E-state index in [9.17, 15) is 9.59 Å². The first kappa shape index (κ1) is 24.3. The molecule has 1 saturated heterocycles. The van der Waals surface area contributed by atoms with Gasteiger partial charge in [0, 0.05) is 38.8 Å². The van der Waals surface area contributed by atoms with Crippen LogP contribution in [0.1, 0.15) is 25.0 Å². The number of nitrogens with one attached hydrogen (secondary N) is 1. The van der Waals surface area contributed by atoms with Gasteiger partial charge in [0.25, 0.3) is 0 Å². The van der Waals surface area contributed by atoms with Crippen LogP contribution in [0.4, 0.5) is 0 Å². The maximum absolute atomic E-state index is 12.6. The molecule has 1 N–H and O–H groups in total. The van der Waals surface area contributed by atoms with Gasteiger partial charge in [-0.1, -0.05) is 36.4 Å². The smallest absolute Gasteiger partial charge is 0.246 e. The van der Waals surface area contributed by atoms with Crippen molar-refractivity contribution in [3.63, 3.8) is 0 Å². The van der Waals surface area contributed by atoms with Crippen LogP contribution in [-0.4, -0.2) is 67.6 Å². The minimum absolute atomic E-state index is 0.00244. The van der Waals surface area contributed by atoms with E-state index in [2.05, 4.69) is 10.2 Å². The van der Waals surface area contributed by atoms with E-state index in [1.165, 1.54) is 0 Å². The Morgan fingerprint density at radius 1 is 1.03 bits per heavy atom. The Kier molecular flexibility index (Phi) is 8.89. The molecule has 1 heterocycles. The van der Waals surface area contributed by atoms with Gasteiger partial charge in [0.1, 0.15) is 0 Å². The summed E-state index contributed by atoms with van der Waals surface area (Å²) in [6.07, 6.45) is 3.42. The second kappa shape index (κ2) is 12.1. The molecule has 1 fully saturated rings. The lowest BCUT2D eigenvalue weighted by Crippen LogP contribution is -2.50. The van der Waals surface area contributed by atoms with Gasteiger partial charge in [0.05, 0.1) is 19.8 Å². The molecule has 0 atom stereocenters. The highest BCUT2D eigenvalue weighted by Gasteiger charge is 2.21. The maximum atomic E-state index is 12.6. The molecule has 0 radical (unpaired) electrons. The predicted molar refractivity (Wildman–Crippen MR) is 129 cm³/mol. The third-order valence-electron chi connectivity index (χ3n) is 5.35. The van der Waals surface area contributed by atoms with Crippen molar-refractivity contribution >= 4 is 17.9 Å². The van der Waals surface area contributed by atoms with Gasteiger partial charge in [-0.25, -0.2) is 0 Å². The number of ether oxygens (including phenoxy) is 2. The molecule has 176 valence electrons. The highest BCUT2D eigenvalue weighted by molar-refractivity contribution is 5.92. The topological polar surface area (TPSA) is 71.1 Å². The van der Waals surface area contributed by atoms with Gasteiger partial charge in [0.2, 0.25) is 11.8 Å². The lowest BCUT2D eigenvalue weighted by atomic mass is 10.1. The SMILES string of the molecule is COc1cc(C=CC(=O)N2CCN(CC(=O)NCc3ccccc3)CC2)ccc1OC(C)C. The zero-order valence-corrected chi connectivity index (χ0v) is 19.6. The molecule has 1 aliphatic heterocycles. The summed E-state index contributed by atoms with van der Waals surface area (Å²) in [6.45, 7) is 7.33. The van der Waals surface area contributed by atoms with E-state index in [-0.39, 0.29) is 17.9 Å². The lowest BCUT2D eigenvalue weighted by molar-refractivity contribution is -0.128. The van der Waals surface area contributed by atoms with Crippen molar-refractivity contribution in [1.29, 1.82) is 0 Å². The summed E-state index contributed by atoms with van der Waals surface area (Å²) in [5.41, 5.74) is 1.94. The molecule has 7 nitrogen and oxygen atoms in total. The first-order valence-electron chi connectivity index (χ1n) is 11.3. The molecular formula is C26H33N3O4. The highest BCUT2D eigenvalue weighted by atomic mass is 16.5. The Hall–Kier alpha value is -3.32. The molecule has 0 unspecified atom stereocenters. The molecular weight excluding hydrogens is 418 g/mol. The number of hydrogen-bond donors (Lipinski definition) is 1. The predicted octanol–water partition coefficient (Wildman–Crippen LogP) is 2.96. The number of benzene rings is 2.